The summed E-state index contributed by atoms with van der Waals surface area (Å²) in [5, 5.41) is 8.80. The van der Waals surface area contributed by atoms with Crippen LogP contribution < -0.4 is 0 Å². The van der Waals surface area contributed by atoms with Gasteiger partial charge in [-0.25, -0.2) is 0 Å². The minimum atomic E-state index is -4.28. The molecule has 5 heteroatoms. The molecule has 2 nitrogen and oxygen atoms in total. The van der Waals surface area contributed by atoms with Crippen LogP contribution in [0.5, 0.6) is 0 Å². The maximum Gasteiger partial charge on any atom is 0.417 e. The molecule has 2 heterocycles. The number of halogens is 3. The minimum absolute atomic E-state index is 0.0447. The fourth-order valence-corrected chi connectivity index (χ4v) is 2.09. The zero-order valence-corrected chi connectivity index (χ0v) is 6.32. The molecule has 0 aromatic heterocycles. The molecule has 0 aromatic carbocycles. The summed E-state index contributed by atoms with van der Waals surface area (Å²) in [5.41, 5.74) is -2.51. The summed E-state index contributed by atoms with van der Waals surface area (Å²) in [6.07, 6.45) is -4.41. The Morgan fingerprint density at radius 2 is 1.92 bits per heavy atom. The highest BCUT2D eigenvalue weighted by molar-refractivity contribution is 5.14. The quantitative estimate of drug-likeness (QED) is 0.657. The average molecular weight is 182 g/mol. The van der Waals surface area contributed by atoms with Crippen molar-refractivity contribution in [1.29, 1.82) is 0 Å². The van der Waals surface area contributed by atoms with Gasteiger partial charge < -0.3 is 9.84 Å². The van der Waals surface area contributed by atoms with Crippen LogP contribution in [0.25, 0.3) is 0 Å². The second kappa shape index (κ2) is 1.96. The molecular formula is C7H9F3O2. The molecule has 0 radical (unpaired) electrons. The third-order valence-corrected chi connectivity index (χ3v) is 2.83. The predicted octanol–water partition coefficient (Wildman–Crippen LogP) is 1.09. The molecule has 0 aromatic rings. The van der Waals surface area contributed by atoms with E-state index in [2.05, 4.69) is 4.74 Å². The molecule has 70 valence electrons. The SMILES string of the molecule is OCC12COC(C(F)(F)F)(C1)C2. The van der Waals surface area contributed by atoms with Gasteiger partial charge in [-0.2, -0.15) is 13.2 Å². The first-order valence-corrected chi connectivity index (χ1v) is 3.75. The van der Waals surface area contributed by atoms with Gasteiger partial charge in [-0.1, -0.05) is 0 Å². The zero-order valence-electron chi connectivity index (χ0n) is 6.32. The van der Waals surface area contributed by atoms with Crippen molar-refractivity contribution in [2.45, 2.75) is 24.6 Å². The highest BCUT2D eigenvalue weighted by Gasteiger charge is 2.73. The summed E-state index contributed by atoms with van der Waals surface area (Å²) < 4.78 is 41.5. The molecule has 1 N–H and O–H groups in total. The van der Waals surface area contributed by atoms with Crippen LogP contribution >= 0.6 is 0 Å². The summed E-state index contributed by atoms with van der Waals surface area (Å²) in [5.74, 6) is 0. The Kier molecular flexibility index (Phi) is 1.36. The molecule has 2 aliphatic heterocycles. The average Bonchev–Trinajstić information content (AvgIpc) is 2.37. The van der Waals surface area contributed by atoms with Crippen LogP contribution in [0.3, 0.4) is 0 Å². The molecule has 0 spiro atoms. The molecular weight excluding hydrogens is 173 g/mol. The lowest BCUT2D eigenvalue weighted by Gasteiger charge is -2.44. The smallest absolute Gasteiger partial charge is 0.396 e. The van der Waals surface area contributed by atoms with Crippen LogP contribution in [0.2, 0.25) is 0 Å². The molecule has 0 atom stereocenters. The lowest BCUT2D eigenvalue weighted by Crippen LogP contribution is -2.55. The minimum Gasteiger partial charge on any atom is -0.396 e. The lowest BCUT2D eigenvalue weighted by molar-refractivity contribution is -0.278. The number of aliphatic hydroxyl groups excluding tert-OH is 1. The van der Waals surface area contributed by atoms with Gasteiger partial charge in [0.1, 0.15) is 0 Å². The van der Waals surface area contributed by atoms with Crippen LogP contribution in [0.15, 0.2) is 0 Å². The van der Waals surface area contributed by atoms with E-state index in [0.717, 1.165) is 0 Å². The van der Waals surface area contributed by atoms with E-state index in [9.17, 15) is 13.2 Å². The van der Waals surface area contributed by atoms with E-state index in [1.54, 1.807) is 0 Å². The van der Waals surface area contributed by atoms with Gasteiger partial charge in [0.2, 0.25) is 0 Å². The molecule has 0 unspecified atom stereocenters. The van der Waals surface area contributed by atoms with Gasteiger partial charge in [0.25, 0.3) is 0 Å². The van der Waals surface area contributed by atoms with Gasteiger partial charge in [-0.3, -0.25) is 0 Å². The van der Waals surface area contributed by atoms with Crippen molar-refractivity contribution in [2.75, 3.05) is 13.2 Å². The zero-order chi connectivity index (χ0) is 9.04. The van der Waals surface area contributed by atoms with Gasteiger partial charge in [0.05, 0.1) is 13.2 Å². The Bertz CT molecular complexity index is 205. The van der Waals surface area contributed by atoms with Gasteiger partial charge in [0, 0.05) is 5.41 Å². The van der Waals surface area contributed by atoms with Crippen molar-refractivity contribution in [1.82, 2.24) is 0 Å². The number of ether oxygens (including phenoxy) is 1. The van der Waals surface area contributed by atoms with E-state index in [1.807, 2.05) is 0 Å². The number of hydrogen-bond donors (Lipinski definition) is 1. The topological polar surface area (TPSA) is 29.5 Å². The lowest BCUT2D eigenvalue weighted by atomic mass is 9.62. The Hall–Kier alpha value is -0.290. The normalized spacial score (nSPS) is 46.0. The molecule has 0 amide bonds. The first-order chi connectivity index (χ1) is 5.43. The van der Waals surface area contributed by atoms with Gasteiger partial charge in [0.15, 0.2) is 5.60 Å². The monoisotopic (exact) mass is 182 g/mol. The highest BCUT2D eigenvalue weighted by atomic mass is 19.4. The van der Waals surface area contributed by atoms with Crippen molar-refractivity contribution in [2.24, 2.45) is 5.41 Å². The van der Waals surface area contributed by atoms with Crippen molar-refractivity contribution in [3.05, 3.63) is 0 Å². The number of aliphatic hydroxyl groups is 1. The summed E-state index contributed by atoms with van der Waals surface area (Å²) >= 11 is 0. The van der Waals surface area contributed by atoms with E-state index in [1.165, 1.54) is 0 Å². The predicted molar refractivity (Wildman–Crippen MR) is 33.5 cm³/mol. The summed E-state index contributed by atoms with van der Waals surface area (Å²) in [7, 11) is 0. The number of fused-ring (bicyclic) bond motifs is 1. The Morgan fingerprint density at radius 3 is 2.17 bits per heavy atom. The van der Waals surface area contributed by atoms with Crippen LogP contribution in [0, 0.1) is 5.41 Å². The van der Waals surface area contributed by atoms with E-state index < -0.39 is 17.2 Å². The van der Waals surface area contributed by atoms with E-state index in [-0.39, 0.29) is 26.1 Å². The summed E-state index contributed by atoms with van der Waals surface area (Å²) in [4.78, 5) is 0. The van der Waals surface area contributed by atoms with E-state index in [0.29, 0.717) is 0 Å². The van der Waals surface area contributed by atoms with Crippen molar-refractivity contribution in [3.8, 4) is 0 Å². The number of rotatable bonds is 1. The van der Waals surface area contributed by atoms with Crippen molar-refractivity contribution >= 4 is 0 Å². The molecule has 3 rings (SSSR count). The second-order valence-corrected chi connectivity index (χ2v) is 3.79. The molecule has 12 heavy (non-hydrogen) atoms. The largest absolute Gasteiger partial charge is 0.417 e. The molecule has 2 saturated heterocycles. The fourth-order valence-electron chi connectivity index (χ4n) is 2.09. The molecule has 1 saturated carbocycles. The van der Waals surface area contributed by atoms with E-state index in [4.69, 9.17) is 5.11 Å². The molecule has 2 bridgehead atoms. The van der Waals surface area contributed by atoms with Gasteiger partial charge in [-0.05, 0) is 12.8 Å². The summed E-state index contributed by atoms with van der Waals surface area (Å²) in [6.45, 7) is -0.159. The third-order valence-electron chi connectivity index (χ3n) is 2.83. The van der Waals surface area contributed by atoms with Gasteiger partial charge in [-0.15, -0.1) is 0 Å². The van der Waals surface area contributed by atoms with Gasteiger partial charge >= 0.3 is 6.18 Å². The van der Waals surface area contributed by atoms with Crippen molar-refractivity contribution in [3.63, 3.8) is 0 Å². The third kappa shape index (κ3) is 0.781. The fraction of sp³-hybridized carbons (Fsp3) is 1.00. The molecule has 3 aliphatic rings. The Labute approximate surface area is 67.3 Å². The number of hydrogen-bond acceptors (Lipinski definition) is 2. The first kappa shape index (κ1) is 8.31. The van der Waals surface area contributed by atoms with Crippen molar-refractivity contribution < 1.29 is 23.0 Å². The van der Waals surface area contributed by atoms with Crippen LogP contribution in [-0.4, -0.2) is 30.1 Å². The maximum atomic E-state index is 12.3. The maximum absolute atomic E-state index is 12.3. The molecule has 3 fully saturated rings. The Morgan fingerprint density at radius 1 is 1.33 bits per heavy atom. The second-order valence-electron chi connectivity index (χ2n) is 3.79. The van der Waals surface area contributed by atoms with Crippen LogP contribution in [-0.2, 0) is 4.74 Å². The number of alkyl halides is 3. The Balaban J connectivity index is 2.14. The molecule has 1 aliphatic carbocycles. The highest BCUT2D eigenvalue weighted by Crippen LogP contribution is 2.63. The van der Waals surface area contributed by atoms with E-state index >= 15 is 0 Å². The van der Waals surface area contributed by atoms with Crippen LogP contribution in [0.4, 0.5) is 13.2 Å². The summed E-state index contributed by atoms with van der Waals surface area (Å²) in [6, 6.07) is 0. The van der Waals surface area contributed by atoms with Crippen LogP contribution in [0.1, 0.15) is 12.8 Å². The standard InChI is InChI=1S/C7H9F3O2/c8-7(9,10)6-1-5(2-6,3-11)4-12-6/h11H,1-4H2. The first-order valence-electron chi connectivity index (χ1n) is 3.75.